The lowest BCUT2D eigenvalue weighted by Gasteiger charge is -2.33. The zero-order valence-electron chi connectivity index (χ0n) is 18.4. The van der Waals surface area contributed by atoms with Gasteiger partial charge in [-0.15, -0.1) is 35.3 Å². The third-order valence-electron chi connectivity index (χ3n) is 5.97. The van der Waals surface area contributed by atoms with Gasteiger partial charge >= 0.3 is 0 Å². The van der Waals surface area contributed by atoms with E-state index in [0.29, 0.717) is 25.0 Å². The third kappa shape index (κ3) is 7.37. The van der Waals surface area contributed by atoms with E-state index >= 15 is 0 Å². The summed E-state index contributed by atoms with van der Waals surface area (Å²) in [4.78, 5) is 23.4. The highest BCUT2D eigenvalue weighted by Crippen LogP contribution is 2.28. The van der Waals surface area contributed by atoms with E-state index in [1.807, 2.05) is 11.3 Å². The number of piperidine rings is 1. The maximum Gasteiger partial charge on any atom is 0.224 e. The van der Waals surface area contributed by atoms with Gasteiger partial charge in [0.15, 0.2) is 5.96 Å². The van der Waals surface area contributed by atoms with Crippen molar-refractivity contribution in [3.63, 3.8) is 0 Å². The molecule has 0 spiro atoms. The monoisotopic (exact) mass is 547 g/mol. The molecule has 2 unspecified atom stereocenters. The predicted molar refractivity (Wildman–Crippen MR) is 137 cm³/mol. The van der Waals surface area contributed by atoms with Gasteiger partial charge in [0.25, 0.3) is 0 Å². The number of aliphatic imine (C=N–C) groups is 1. The second-order valence-electron chi connectivity index (χ2n) is 8.10. The highest BCUT2D eigenvalue weighted by atomic mass is 127. The molecule has 2 aliphatic rings. The summed E-state index contributed by atoms with van der Waals surface area (Å²) in [6.07, 6.45) is 6.58. The van der Waals surface area contributed by atoms with Crippen LogP contribution in [0.5, 0.6) is 0 Å². The van der Waals surface area contributed by atoms with Crippen molar-refractivity contribution in [1.82, 2.24) is 20.4 Å². The Morgan fingerprint density at radius 3 is 2.67 bits per heavy atom. The van der Waals surface area contributed by atoms with Crippen molar-refractivity contribution in [2.24, 2.45) is 4.99 Å². The minimum atomic E-state index is 0. The molecule has 2 saturated heterocycles. The average Bonchev–Trinajstić information content (AvgIpc) is 3.43. The lowest BCUT2D eigenvalue weighted by Crippen LogP contribution is -2.44. The summed E-state index contributed by atoms with van der Waals surface area (Å²) in [5.74, 6) is 1.07. The molecule has 170 valence electrons. The first kappa shape index (κ1) is 25.4. The summed E-state index contributed by atoms with van der Waals surface area (Å²) in [7, 11) is 0. The van der Waals surface area contributed by atoms with Gasteiger partial charge in [-0.2, -0.15) is 0 Å². The lowest BCUT2D eigenvalue weighted by atomic mass is 10.0. The Hall–Kier alpha value is -0.870. The number of amides is 1. The first-order chi connectivity index (χ1) is 14.2. The van der Waals surface area contributed by atoms with Crippen molar-refractivity contribution in [3.8, 4) is 0 Å². The summed E-state index contributed by atoms with van der Waals surface area (Å²) in [5.41, 5.74) is 0. The van der Waals surface area contributed by atoms with Gasteiger partial charge < -0.3 is 15.5 Å². The fourth-order valence-electron chi connectivity index (χ4n) is 4.34. The van der Waals surface area contributed by atoms with Crippen LogP contribution >= 0.6 is 35.3 Å². The zero-order valence-corrected chi connectivity index (χ0v) is 21.6. The molecular formula is C22H38IN5OS. The molecule has 30 heavy (non-hydrogen) atoms. The second-order valence-corrected chi connectivity index (χ2v) is 9.08. The summed E-state index contributed by atoms with van der Waals surface area (Å²) < 4.78 is 0. The van der Waals surface area contributed by atoms with E-state index in [0.717, 1.165) is 51.5 Å². The van der Waals surface area contributed by atoms with E-state index in [4.69, 9.17) is 4.99 Å². The number of carbonyl (C=O) groups is 1. The Morgan fingerprint density at radius 1 is 1.23 bits per heavy atom. The molecule has 2 N–H and O–H groups in total. The summed E-state index contributed by atoms with van der Waals surface area (Å²) in [5, 5.41) is 8.86. The molecular weight excluding hydrogens is 509 g/mol. The summed E-state index contributed by atoms with van der Waals surface area (Å²) in [6, 6.07) is 5.08. The van der Waals surface area contributed by atoms with Crippen LogP contribution in [0.15, 0.2) is 22.5 Å². The molecule has 1 aromatic heterocycles. The standard InChI is InChI=1S/C22H37N5OS.HI/c1-3-23-22(24-12-11-21(28)27-15-5-4-9-18(27)2)25-17-19(20-10-8-16-29-20)26-13-6-7-14-26;/h8,10,16,18-19H,3-7,9,11-15,17H2,1-2H3,(H2,23,24,25);1H. The van der Waals surface area contributed by atoms with Gasteiger partial charge in [-0.1, -0.05) is 6.07 Å². The minimum absolute atomic E-state index is 0. The average molecular weight is 548 g/mol. The maximum atomic E-state index is 12.6. The number of rotatable bonds is 8. The number of likely N-dealkylation sites (tertiary alicyclic amines) is 2. The van der Waals surface area contributed by atoms with Gasteiger partial charge in [-0.05, 0) is 70.5 Å². The largest absolute Gasteiger partial charge is 0.357 e. The first-order valence-corrected chi connectivity index (χ1v) is 12.2. The number of thiophene rings is 1. The molecule has 0 aliphatic carbocycles. The molecule has 2 atom stereocenters. The van der Waals surface area contributed by atoms with E-state index in [9.17, 15) is 4.79 Å². The van der Waals surface area contributed by atoms with Gasteiger partial charge in [-0.3, -0.25) is 14.7 Å². The van der Waals surface area contributed by atoms with E-state index in [1.165, 1.54) is 24.1 Å². The molecule has 3 heterocycles. The van der Waals surface area contributed by atoms with Crippen LogP contribution in [0.1, 0.15) is 63.3 Å². The molecule has 0 saturated carbocycles. The number of halogens is 1. The van der Waals surface area contributed by atoms with E-state index in [1.54, 1.807) is 0 Å². The lowest BCUT2D eigenvalue weighted by molar-refractivity contribution is -0.134. The number of hydrogen-bond acceptors (Lipinski definition) is 4. The van der Waals surface area contributed by atoms with E-state index < -0.39 is 0 Å². The molecule has 8 heteroatoms. The molecule has 0 bridgehead atoms. The highest BCUT2D eigenvalue weighted by molar-refractivity contribution is 14.0. The van der Waals surface area contributed by atoms with Crippen molar-refractivity contribution >= 4 is 47.2 Å². The fourth-order valence-corrected chi connectivity index (χ4v) is 5.19. The SMILES string of the molecule is CCNC(=NCC(c1cccs1)N1CCCC1)NCCC(=O)N1CCCCC1C.I. The predicted octanol–water partition coefficient (Wildman–Crippen LogP) is 3.85. The minimum Gasteiger partial charge on any atom is -0.357 e. The number of nitrogens with one attached hydrogen (secondary N) is 2. The normalized spacial score (nSPS) is 21.2. The van der Waals surface area contributed by atoms with Gasteiger partial charge in [0.1, 0.15) is 0 Å². The summed E-state index contributed by atoms with van der Waals surface area (Å²) in [6.45, 7) is 9.65. The summed E-state index contributed by atoms with van der Waals surface area (Å²) >= 11 is 1.82. The van der Waals surface area contributed by atoms with Crippen LogP contribution in [0, 0.1) is 0 Å². The van der Waals surface area contributed by atoms with Gasteiger partial charge in [0, 0.05) is 37.0 Å². The van der Waals surface area contributed by atoms with E-state index in [-0.39, 0.29) is 29.9 Å². The van der Waals surface area contributed by atoms with Crippen LogP contribution in [0.3, 0.4) is 0 Å². The highest BCUT2D eigenvalue weighted by Gasteiger charge is 2.24. The van der Waals surface area contributed by atoms with Crippen molar-refractivity contribution in [3.05, 3.63) is 22.4 Å². The van der Waals surface area contributed by atoms with E-state index in [2.05, 4.69) is 51.8 Å². The smallest absolute Gasteiger partial charge is 0.224 e. The van der Waals surface area contributed by atoms with Crippen LogP contribution < -0.4 is 10.6 Å². The van der Waals surface area contributed by atoms with Crippen molar-refractivity contribution < 1.29 is 4.79 Å². The van der Waals surface area contributed by atoms with Crippen molar-refractivity contribution in [1.29, 1.82) is 0 Å². The number of nitrogens with zero attached hydrogens (tertiary/aromatic N) is 3. The van der Waals surface area contributed by atoms with Gasteiger partial charge in [0.2, 0.25) is 5.91 Å². The van der Waals surface area contributed by atoms with Gasteiger partial charge in [0.05, 0.1) is 12.6 Å². The molecule has 1 amide bonds. The molecule has 1 aromatic rings. The number of guanidine groups is 1. The Kier molecular flexibility index (Phi) is 11.4. The molecule has 2 aliphatic heterocycles. The van der Waals surface area contributed by atoms with Crippen LogP contribution in [0.2, 0.25) is 0 Å². The third-order valence-corrected chi connectivity index (χ3v) is 6.95. The molecule has 2 fully saturated rings. The second kappa shape index (κ2) is 13.5. The molecule has 0 aromatic carbocycles. The van der Waals surface area contributed by atoms with Crippen molar-refractivity contribution in [2.45, 2.75) is 64.5 Å². The van der Waals surface area contributed by atoms with Crippen LogP contribution in [0.4, 0.5) is 0 Å². The Balaban J connectivity index is 0.00000320. The van der Waals surface area contributed by atoms with Gasteiger partial charge in [-0.25, -0.2) is 0 Å². The zero-order chi connectivity index (χ0) is 20.5. The topological polar surface area (TPSA) is 60.0 Å². The Labute approximate surface area is 202 Å². The molecule has 6 nitrogen and oxygen atoms in total. The van der Waals surface area contributed by atoms with Crippen LogP contribution in [-0.4, -0.2) is 67.0 Å². The number of hydrogen-bond donors (Lipinski definition) is 2. The molecule has 0 radical (unpaired) electrons. The van der Waals surface area contributed by atoms with Crippen LogP contribution in [-0.2, 0) is 4.79 Å². The quantitative estimate of drug-likeness (QED) is 0.295. The maximum absolute atomic E-state index is 12.6. The molecule has 3 rings (SSSR count). The van der Waals surface area contributed by atoms with Crippen LogP contribution in [0.25, 0.3) is 0 Å². The number of carbonyl (C=O) groups excluding carboxylic acids is 1. The Bertz CT molecular complexity index is 648. The Morgan fingerprint density at radius 2 is 2.00 bits per heavy atom. The van der Waals surface area contributed by atoms with Crippen molar-refractivity contribution in [2.75, 3.05) is 39.3 Å². The first-order valence-electron chi connectivity index (χ1n) is 11.3. The fraction of sp³-hybridized carbons (Fsp3) is 0.727.